The number of ether oxygens (including phenoxy) is 1. The number of carbonyl (C=O) groups is 1. The van der Waals surface area contributed by atoms with Crippen molar-refractivity contribution in [3.05, 3.63) is 0 Å². The summed E-state index contributed by atoms with van der Waals surface area (Å²) >= 11 is 0. The van der Waals surface area contributed by atoms with Crippen molar-refractivity contribution in [3.63, 3.8) is 0 Å². The first-order valence-electron chi connectivity index (χ1n) is 8.82. The number of nitrogens with zero attached hydrogens (tertiary/aromatic N) is 2. The molecule has 3 aliphatic rings. The molecule has 1 saturated carbocycles. The van der Waals surface area contributed by atoms with Gasteiger partial charge in [0.25, 0.3) is 0 Å². The molecule has 2 aliphatic heterocycles. The maximum atomic E-state index is 12.7. The molecule has 2 saturated heterocycles. The lowest BCUT2D eigenvalue weighted by Crippen LogP contribution is -2.53. The van der Waals surface area contributed by atoms with Crippen molar-refractivity contribution in [2.45, 2.75) is 63.5 Å². The number of amides is 1. The van der Waals surface area contributed by atoms with E-state index in [0.717, 1.165) is 38.4 Å². The van der Waals surface area contributed by atoms with Gasteiger partial charge in [0.15, 0.2) is 0 Å². The second-order valence-corrected chi connectivity index (χ2v) is 7.05. The molecule has 3 fully saturated rings. The Morgan fingerprint density at radius 2 is 1.71 bits per heavy atom. The highest BCUT2D eigenvalue weighted by Gasteiger charge is 2.36. The number of carbonyl (C=O) groups excluding carboxylic acids is 1. The van der Waals surface area contributed by atoms with E-state index >= 15 is 0 Å². The fourth-order valence-corrected chi connectivity index (χ4v) is 4.52. The van der Waals surface area contributed by atoms with Gasteiger partial charge in [-0.2, -0.15) is 0 Å². The van der Waals surface area contributed by atoms with E-state index in [1.807, 2.05) is 0 Å². The first kappa shape index (κ1) is 15.3. The molecule has 0 aromatic heterocycles. The zero-order chi connectivity index (χ0) is 14.7. The van der Waals surface area contributed by atoms with Crippen molar-refractivity contribution in [3.8, 4) is 0 Å². The Hall–Kier alpha value is -0.610. The molecule has 0 spiro atoms. The third-order valence-corrected chi connectivity index (χ3v) is 5.79. The Morgan fingerprint density at radius 1 is 1.00 bits per heavy atom. The first-order chi connectivity index (χ1) is 10.3. The van der Waals surface area contributed by atoms with Crippen LogP contribution in [0.25, 0.3) is 0 Å². The smallest absolute Gasteiger partial charge is 0.237 e. The van der Waals surface area contributed by atoms with Crippen molar-refractivity contribution in [2.75, 3.05) is 33.3 Å². The van der Waals surface area contributed by atoms with Gasteiger partial charge in [-0.25, -0.2) is 0 Å². The number of fused-ring (bicyclic) bond motifs is 1. The largest absolute Gasteiger partial charge is 0.381 e. The monoisotopic (exact) mass is 294 g/mol. The van der Waals surface area contributed by atoms with Crippen molar-refractivity contribution in [2.24, 2.45) is 5.92 Å². The minimum atomic E-state index is 0.377. The zero-order valence-electron chi connectivity index (χ0n) is 13.4. The van der Waals surface area contributed by atoms with Crippen LogP contribution in [0.3, 0.4) is 0 Å². The van der Waals surface area contributed by atoms with E-state index in [2.05, 4.69) is 9.80 Å². The van der Waals surface area contributed by atoms with Gasteiger partial charge in [0, 0.05) is 32.8 Å². The third-order valence-electron chi connectivity index (χ3n) is 5.79. The third kappa shape index (κ3) is 3.59. The van der Waals surface area contributed by atoms with Crippen LogP contribution in [0.15, 0.2) is 0 Å². The van der Waals surface area contributed by atoms with Crippen molar-refractivity contribution < 1.29 is 9.53 Å². The summed E-state index contributed by atoms with van der Waals surface area (Å²) in [5, 5.41) is 0. The molecular formula is C17H30N2O2. The van der Waals surface area contributed by atoms with Crippen LogP contribution >= 0.6 is 0 Å². The molecule has 120 valence electrons. The molecule has 3 rings (SSSR count). The van der Waals surface area contributed by atoms with Crippen LogP contribution in [0, 0.1) is 5.92 Å². The van der Waals surface area contributed by atoms with Crippen LogP contribution in [0.1, 0.15) is 51.4 Å². The number of hydrogen-bond acceptors (Lipinski definition) is 3. The van der Waals surface area contributed by atoms with Crippen molar-refractivity contribution >= 4 is 5.91 Å². The quantitative estimate of drug-likeness (QED) is 0.800. The SMILES string of the molecule is COC1CCN(CC(=O)N2CCC[C@H]3CCCC[C@@H]32)CC1. The number of piperidine rings is 2. The molecule has 1 aliphatic carbocycles. The molecule has 0 bridgehead atoms. The number of hydrogen-bond donors (Lipinski definition) is 0. The van der Waals surface area contributed by atoms with Crippen LogP contribution in [-0.4, -0.2) is 61.1 Å². The Labute approximate surface area is 128 Å². The summed E-state index contributed by atoms with van der Waals surface area (Å²) in [4.78, 5) is 17.3. The standard InChI is InChI=1S/C17H30N2O2/c1-21-15-8-11-18(12-9-15)13-17(20)19-10-4-6-14-5-2-3-7-16(14)19/h14-16H,2-13H2,1H3/t14-,16+/m1/s1. The number of likely N-dealkylation sites (tertiary alicyclic amines) is 2. The average Bonchev–Trinajstić information content (AvgIpc) is 2.55. The zero-order valence-corrected chi connectivity index (χ0v) is 13.4. The van der Waals surface area contributed by atoms with Gasteiger partial charge in [-0.3, -0.25) is 9.69 Å². The maximum Gasteiger partial charge on any atom is 0.237 e. The second-order valence-electron chi connectivity index (χ2n) is 7.05. The highest BCUT2D eigenvalue weighted by Crippen LogP contribution is 2.35. The van der Waals surface area contributed by atoms with Crippen LogP contribution in [0.5, 0.6) is 0 Å². The lowest BCUT2D eigenvalue weighted by atomic mass is 9.78. The highest BCUT2D eigenvalue weighted by molar-refractivity contribution is 5.78. The average molecular weight is 294 g/mol. The van der Waals surface area contributed by atoms with Gasteiger partial charge < -0.3 is 9.64 Å². The molecule has 21 heavy (non-hydrogen) atoms. The summed E-state index contributed by atoms with van der Waals surface area (Å²) in [5.41, 5.74) is 0. The van der Waals surface area contributed by atoms with Gasteiger partial charge in [0.2, 0.25) is 5.91 Å². The first-order valence-corrected chi connectivity index (χ1v) is 8.82. The van der Waals surface area contributed by atoms with Crippen molar-refractivity contribution in [1.82, 2.24) is 9.80 Å². The van der Waals surface area contributed by atoms with E-state index in [1.54, 1.807) is 7.11 Å². The molecule has 0 N–H and O–H groups in total. The van der Waals surface area contributed by atoms with Gasteiger partial charge in [0.05, 0.1) is 12.6 Å². The molecule has 1 amide bonds. The Balaban J connectivity index is 1.52. The maximum absolute atomic E-state index is 12.7. The predicted octanol–water partition coefficient (Wildman–Crippen LogP) is 2.28. The fourth-order valence-electron chi connectivity index (χ4n) is 4.52. The molecule has 4 heteroatoms. The van der Waals surface area contributed by atoms with Crippen LogP contribution in [0.2, 0.25) is 0 Å². The summed E-state index contributed by atoms with van der Waals surface area (Å²) in [6.07, 6.45) is 10.3. The Morgan fingerprint density at radius 3 is 2.48 bits per heavy atom. The normalized spacial score (nSPS) is 32.0. The molecule has 0 radical (unpaired) electrons. The summed E-state index contributed by atoms with van der Waals surface area (Å²) in [7, 11) is 1.79. The van der Waals surface area contributed by atoms with E-state index < -0.39 is 0 Å². The summed E-state index contributed by atoms with van der Waals surface area (Å²) < 4.78 is 5.41. The lowest BCUT2D eigenvalue weighted by Gasteiger charge is -2.45. The van der Waals surface area contributed by atoms with Crippen LogP contribution < -0.4 is 0 Å². The van der Waals surface area contributed by atoms with Gasteiger partial charge >= 0.3 is 0 Å². The lowest BCUT2D eigenvalue weighted by molar-refractivity contribution is -0.139. The minimum Gasteiger partial charge on any atom is -0.381 e. The molecule has 4 nitrogen and oxygen atoms in total. The minimum absolute atomic E-state index is 0.377. The van der Waals surface area contributed by atoms with E-state index in [4.69, 9.17) is 4.74 Å². The molecule has 0 unspecified atom stereocenters. The van der Waals surface area contributed by atoms with Gasteiger partial charge in [-0.15, -0.1) is 0 Å². The molecule has 2 atom stereocenters. The summed E-state index contributed by atoms with van der Waals surface area (Å²) in [6, 6.07) is 0.552. The van der Waals surface area contributed by atoms with E-state index in [1.165, 1.54) is 38.5 Å². The predicted molar refractivity (Wildman–Crippen MR) is 83.2 cm³/mol. The topological polar surface area (TPSA) is 32.8 Å². The van der Waals surface area contributed by atoms with Gasteiger partial charge in [-0.1, -0.05) is 12.8 Å². The van der Waals surface area contributed by atoms with Crippen molar-refractivity contribution in [1.29, 1.82) is 0 Å². The van der Waals surface area contributed by atoms with Crippen LogP contribution in [-0.2, 0) is 9.53 Å². The fraction of sp³-hybridized carbons (Fsp3) is 0.941. The van der Waals surface area contributed by atoms with E-state index in [-0.39, 0.29) is 0 Å². The molecule has 0 aromatic rings. The summed E-state index contributed by atoms with van der Waals surface area (Å²) in [6.45, 7) is 3.63. The van der Waals surface area contributed by atoms with E-state index in [9.17, 15) is 4.79 Å². The molecule has 2 heterocycles. The van der Waals surface area contributed by atoms with Crippen LogP contribution in [0.4, 0.5) is 0 Å². The highest BCUT2D eigenvalue weighted by atomic mass is 16.5. The Bertz CT molecular complexity index is 351. The second kappa shape index (κ2) is 7.10. The Kier molecular flexibility index (Phi) is 5.17. The van der Waals surface area contributed by atoms with Gasteiger partial charge in [-0.05, 0) is 44.4 Å². The molecular weight excluding hydrogens is 264 g/mol. The number of rotatable bonds is 3. The van der Waals surface area contributed by atoms with Gasteiger partial charge in [0.1, 0.15) is 0 Å². The molecule has 0 aromatic carbocycles. The summed E-state index contributed by atoms with van der Waals surface area (Å²) in [5.74, 6) is 1.16. The van der Waals surface area contributed by atoms with E-state index in [0.29, 0.717) is 24.6 Å². The number of methoxy groups -OCH3 is 1.